The molecular formula is C10H17NO. The topological polar surface area (TPSA) is 12.5 Å². The van der Waals surface area contributed by atoms with Gasteiger partial charge in [-0.1, -0.05) is 12.3 Å². The van der Waals surface area contributed by atoms with Crippen LogP contribution in [0.25, 0.3) is 0 Å². The van der Waals surface area contributed by atoms with Crippen LogP contribution in [0.5, 0.6) is 0 Å². The summed E-state index contributed by atoms with van der Waals surface area (Å²) in [4.78, 5) is 2.41. The lowest BCUT2D eigenvalue weighted by Crippen LogP contribution is -2.37. The van der Waals surface area contributed by atoms with Crippen LogP contribution in [0, 0.1) is 0 Å². The predicted molar refractivity (Wildman–Crippen MR) is 50.0 cm³/mol. The van der Waals surface area contributed by atoms with Gasteiger partial charge in [0.15, 0.2) is 0 Å². The molecule has 0 aromatic carbocycles. The van der Waals surface area contributed by atoms with E-state index in [9.17, 15) is 0 Å². The van der Waals surface area contributed by atoms with E-state index in [1.54, 1.807) is 0 Å². The van der Waals surface area contributed by atoms with Gasteiger partial charge in [0, 0.05) is 13.0 Å². The summed E-state index contributed by atoms with van der Waals surface area (Å²) in [6.45, 7) is 9.89. The van der Waals surface area contributed by atoms with Crippen molar-refractivity contribution in [3.05, 3.63) is 18.1 Å². The zero-order chi connectivity index (χ0) is 8.81. The van der Waals surface area contributed by atoms with E-state index in [1.165, 1.54) is 19.5 Å². The van der Waals surface area contributed by atoms with Gasteiger partial charge in [0.1, 0.15) is 5.76 Å². The van der Waals surface area contributed by atoms with E-state index in [-0.39, 0.29) is 0 Å². The second-order valence-corrected chi connectivity index (χ2v) is 2.98. The molecule has 0 aliphatic carbocycles. The molecule has 0 atom stereocenters. The van der Waals surface area contributed by atoms with E-state index in [0.29, 0.717) is 0 Å². The van der Waals surface area contributed by atoms with Crippen molar-refractivity contribution >= 4 is 0 Å². The first-order valence-corrected chi connectivity index (χ1v) is 4.61. The Labute approximate surface area is 74.5 Å². The number of hydrogen-bond donors (Lipinski definition) is 0. The average molecular weight is 167 g/mol. The molecule has 0 saturated carbocycles. The first-order valence-electron chi connectivity index (χ1n) is 4.61. The summed E-state index contributed by atoms with van der Waals surface area (Å²) in [5.74, 6) is 0.907. The van der Waals surface area contributed by atoms with E-state index in [0.717, 1.165) is 25.3 Å². The van der Waals surface area contributed by atoms with Crippen LogP contribution < -0.4 is 0 Å². The van der Waals surface area contributed by atoms with Gasteiger partial charge in [-0.05, 0) is 26.4 Å². The Hall–Kier alpha value is -0.720. The summed E-state index contributed by atoms with van der Waals surface area (Å²) in [5.41, 5.74) is 2.82. The molecule has 1 heterocycles. The standard InChI is InChI=1S/C10H17NO/c1-3-10(12-4-2)6-9-11-7-5-8-11/h1,4-9H2,2H3. The normalized spacial score (nSPS) is 16.4. The monoisotopic (exact) mass is 167 g/mol. The van der Waals surface area contributed by atoms with Crippen LogP contribution in [-0.2, 0) is 4.74 Å². The van der Waals surface area contributed by atoms with Crippen LogP contribution in [-0.4, -0.2) is 31.1 Å². The van der Waals surface area contributed by atoms with Gasteiger partial charge >= 0.3 is 0 Å². The fourth-order valence-corrected chi connectivity index (χ4v) is 1.25. The first-order chi connectivity index (χ1) is 5.86. The molecule has 0 bridgehead atoms. The van der Waals surface area contributed by atoms with E-state index in [2.05, 4.69) is 17.2 Å². The number of hydrogen-bond acceptors (Lipinski definition) is 2. The van der Waals surface area contributed by atoms with Crippen LogP contribution in [0.4, 0.5) is 0 Å². The minimum absolute atomic E-state index is 0.720. The number of rotatable bonds is 5. The number of ether oxygens (including phenoxy) is 1. The summed E-state index contributed by atoms with van der Waals surface area (Å²) in [6.07, 6.45) is 2.30. The highest BCUT2D eigenvalue weighted by atomic mass is 16.5. The van der Waals surface area contributed by atoms with Crippen LogP contribution in [0.1, 0.15) is 19.8 Å². The lowest BCUT2D eigenvalue weighted by Gasteiger charge is -2.30. The molecule has 1 fully saturated rings. The van der Waals surface area contributed by atoms with Crippen molar-refractivity contribution in [3.63, 3.8) is 0 Å². The van der Waals surface area contributed by atoms with E-state index >= 15 is 0 Å². The molecule has 12 heavy (non-hydrogen) atoms. The van der Waals surface area contributed by atoms with E-state index < -0.39 is 0 Å². The van der Waals surface area contributed by atoms with Crippen LogP contribution in [0.15, 0.2) is 18.1 Å². The Morgan fingerprint density at radius 1 is 1.58 bits per heavy atom. The molecule has 0 spiro atoms. The maximum Gasteiger partial charge on any atom is 0.139 e. The molecule has 0 aromatic heterocycles. The summed E-state index contributed by atoms with van der Waals surface area (Å²) in [6, 6.07) is 0. The summed E-state index contributed by atoms with van der Waals surface area (Å²) in [5, 5.41) is 0. The van der Waals surface area contributed by atoms with Crippen molar-refractivity contribution in [3.8, 4) is 0 Å². The fourth-order valence-electron chi connectivity index (χ4n) is 1.25. The molecule has 1 aliphatic rings. The van der Waals surface area contributed by atoms with E-state index in [1.807, 2.05) is 6.92 Å². The van der Waals surface area contributed by atoms with Gasteiger partial charge in [-0.3, -0.25) is 0 Å². The molecule has 2 heteroatoms. The predicted octanol–water partition coefficient (Wildman–Crippen LogP) is 1.79. The second kappa shape index (κ2) is 5.02. The molecule has 0 N–H and O–H groups in total. The van der Waals surface area contributed by atoms with Crippen molar-refractivity contribution in [1.82, 2.24) is 4.90 Å². The quantitative estimate of drug-likeness (QED) is 0.457. The lowest BCUT2D eigenvalue weighted by atomic mass is 10.2. The average Bonchev–Trinajstić information content (AvgIpc) is 2.00. The fraction of sp³-hybridized carbons (Fsp3) is 0.700. The van der Waals surface area contributed by atoms with Gasteiger partial charge in [-0.25, -0.2) is 0 Å². The Balaban J connectivity index is 2.14. The van der Waals surface area contributed by atoms with Gasteiger partial charge < -0.3 is 9.64 Å². The largest absolute Gasteiger partial charge is 0.490 e. The number of likely N-dealkylation sites (tertiary alicyclic amines) is 1. The lowest BCUT2D eigenvalue weighted by molar-refractivity contribution is 0.159. The Morgan fingerprint density at radius 2 is 2.33 bits per heavy atom. The van der Waals surface area contributed by atoms with Crippen LogP contribution in [0.3, 0.4) is 0 Å². The smallest absolute Gasteiger partial charge is 0.139 e. The minimum Gasteiger partial charge on any atom is -0.490 e. The molecule has 0 unspecified atom stereocenters. The maximum atomic E-state index is 5.33. The summed E-state index contributed by atoms with van der Waals surface area (Å²) in [7, 11) is 0. The molecule has 2 nitrogen and oxygen atoms in total. The van der Waals surface area contributed by atoms with Crippen molar-refractivity contribution in [2.75, 3.05) is 26.2 Å². The van der Waals surface area contributed by atoms with Crippen LogP contribution >= 0.6 is 0 Å². The third-order valence-corrected chi connectivity index (χ3v) is 2.12. The van der Waals surface area contributed by atoms with Gasteiger partial charge in [0.05, 0.1) is 6.61 Å². The van der Waals surface area contributed by atoms with Gasteiger partial charge in [-0.2, -0.15) is 0 Å². The summed E-state index contributed by atoms with van der Waals surface area (Å²) < 4.78 is 5.33. The minimum atomic E-state index is 0.720. The Bertz CT molecular complexity index is 178. The highest BCUT2D eigenvalue weighted by Crippen LogP contribution is 2.09. The third-order valence-electron chi connectivity index (χ3n) is 2.12. The third kappa shape index (κ3) is 2.72. The van der Waals surface area contributed by atoms with Gasteiger partial charge in [0.25, 0.3) is 0 Å². The van der Waals surface area contributed by atoms with Crippen molar-refractivity contribution in [2.45, 2.75) is 19.8 Å². The zero-order valence-electron chi connectivity index (χ0n) is 7.81. The summed E-state index contributed by atoms with van der Waals surface area (Å²) >= 11 is 0. The van der Waals surface area contributed by atoms with Crippen LogP contribution in [0.2, 0.25) is 0 Å². The zero-order valence-corrected chi connectivity index (χ0v) is 7.81. The highest BCUT2D eigenvalue weighted by Gasteiger charge is 2.13. The SMILES string of the molecule is C=C=C(CCN1CCC1)OCC. The molecule has 1 rings (SSSR count). The molecule has 1 saturated heterocycles. The molecule has 0 amide bonds. The molecular weight excluding hydrogens is 150 g/mol. The Morgan fingerprint density at radius 3 is 2.75 bits per heavy atom. The number of nitrogens with zero attached hydrogens (tertiary/aromatic N) is 1. The molecule has 0 aromatic rings. The highest BCUT2D eigenvalue weighted by molar-refractivity contribution is 4.90. The van der Waals surface area contributed by atoms with Crippen molar-refractivity contribution in [1.29, 1.82) is 0 Å². The molecule has 0 radical (unpaired) electrons. The Kier molecular flexibility index (Phi) is 3.92. The van der Waals surface area contributed by atoms with Crippen molar-refractivity contribution < 1.29 is 4.74 Å². The molecule has 1 aliphatic heterocycles. The maximum absolute atomic E-state index is 5.33. The van der Waals surface area contributed by atoms with Gasteiger partial charge in [-0.15, -0.1) is 0 Å². The van der Waals surface area contributed by atoms with Crippen molar-refractivity contribution in [2.24, 2.45) is 0 Å². The van der Waals surface area contributed by atoms with Gasteiger partial charge in [0.2, 0.25) is 0 Å². The first kappa shape index (κ1) is 9.37. The molecule has 68 valence electrons. The second-order valence-electron chi connectivity index (χ2n) is 2.98. The van der Waals surface area contributed by atoms with E-state index in [4.69, 9.17) is 4.74 Å².